The largest absolute Gasteiger partial charge is 0.478 e. The Balaban J connectivity index is 2.33. The summed E-state index contributed by atoms with van der Waals surface area (Å²) in [5.74, 6) is -0.597. The van der Waals surface area contributed by atoms with Crippen LogP contribution in [0.25, 0.3) is 0 Å². The summed E-state index contributed by atoms with van der Waals surface area (Å²) in [6, 6.07) is 10.6. The van der Waals surface area contributed by atoms with Crippen molar-refractivity contribution in [3.8, 4) is 17.6 Å². The number of ether oxygens (including phenoxy) is 1. The van der Waals surface area contributed by atoms with E-state index < -0.39 is 5.97 Å². The van der Waals surface area contributed by atoms with Gasteiger partial charge in [-0.1, -0.05) is 6.07 Å². The van der Waals surface area contributed by atoms with Crippen LogP contribution < -0.4 is 10.2 Å². The molecule has 0 aliphatic heterocycles. The molecule has 6 nitrogen and oxygen atoms in total. The van der Waals surface area contributed by atoms with Gasteiger partial charge in [0.1, 0.15) is 17.6 Å². The molecule has 1 radical (unpaired) electrons. The van der Waals surface area contributed by atoms with Gasteiger partial charge in [-0.15, -0.1) is 0 Å². The van der Waals surface area contributed by atoms with Gasteiger partial charge in [-0.3, -0.25) is 0 Å². The summed E-state index contributed by atoms with van der Waals surface area (Å²) in [5, 5.41) is 36.2. The number of hydrogen-bond acceptors (Lipinski definition) is 5. The second-order valence-corrected chi connectivity index (χ2v) is 4.37. The summed E-state index contributed by atoms with van der Waals surface area (Å²) >= 11 is 0. The Labute approximate surface area is 127 Å². The Morgan fingerprint density at radius 2 is 1.91 bits per heavy atom. The zero-order chi connectivity index (χ0) is 16.1. The molecule has 0 unspecified atom stereocenters. The van der Waals surface area contributed by atoms with Crippen LogP contribution in [-0.2, 0) is 6.61 Å². The average molecular weight is 296 g/mol. The number of nitrogens with zero attached hydrogens (tertiary/aromatic N) is 1. The first-order valence-corrected chi connectivity index (χ1v) is 6.25. The van der Waals surface area contributed by atoms with Crippen molar-refractivity contribution in [2.24, 2.45) is 0 Å². The van der Waals surface area contributed by atoms with Crippen LogP contribution >= 0.6 is 0 Å². The van der Waals surface area contributed by atoms with Crippen LogP contribution in [0.5, 0.6) is 11.5 Å². The quantitative estimate of drug-likeness (QED) is 0.703. The van der Waals surface area contributed by atoms with Gasteiger partial charge >= 0.3 is 13.5 Å². The van der Waals surface area contributed by atoms with Gasteiger partial charge in [0.05, 0.1) is 17.7 Å². The summed E-state index contributed by atoms with van der Waals surface area (Å²) in [5.41, 5.74) is 0.817. The molecule has 0 saturated heterocycles. The average Bonchev–Trinajstić information content (AvgIpc) is 2.54. The molecule has 109 valence electrons. The SMILES string of the molecule is N#Cc1ccc(Oc2ccc([B]O)c(CO)c2)cc1C(=O)O. The fourth-order valence-electron chi connectivity index (χ4n) is 1.91. The van der Waals surface area contributed by atoms with Crippen LogP contribution in [0.1, 0.15) is 21.5 Å². The van der Waals surface area contributed by atoms with E-state index >= 15 is 0 Å². The minimum atomic E-state index is -1.22. The lowest BCUT2D eigenvalue weighted by atomic mass is 9.84. The molecule has 22 heavy (non-hydrogen) atoms. The molecule has 3 N–H and O–H groups in total. The minimum absolute atomic E-state index is 0.0427. The van der Waals surface area contributed by atoms with Crippen molar-refractivity contribution >= 4 is 18.9 Å². The summed E-state index contributed by atoms with van der Waals surface area (Å²) in [6.45, 7) is -0.280. The third-order valence-electron chi connectivity index (χ3n) is 3.00. The number of hydrogen-bond donors (Lipinski definition) is 3. The Kier molecular flexibility index (Phi) is 4.78. The van der Waals surface area contributed by atoms with Crippen LogP contribution in [0.2, 0.25) is 0 Å². The maximum absolute atomic E-state index is 11.1. The van der Waals surface area contributed by atoms with Crippen molar-refractivity contribution in [2.75, 3.05) is 0 Å². The smallest absolute Gasteiger partial charge is 0.337 e. The molecular weight excluding hydrogens is 285 g/mol. The lowest BCUT2D eigenvalue weighted by molar-refractivity contribution is 0.0696. The number of benzene rings is 2. The van der Waals surface area contributed by atoms with Gasteiger partial charge in [0, 0.05) is 0 Å². The number of carboxylic acid groups (broad SMARTS) is 1. The fourth-order valence-corrected chi connectivity index (χ4v) is 1.91. The molecule has 2 aromatic carbocycles. The normalized spacial score (nSPS) is 9.86. The summed E-state index contributed by atoms with van der Waals surface area (Å²) in [4.78, 5) is 11.1. The lowest BCUT2D eigenvalue weighted by Gasteiger charge is -2.10. The first-order chi connectivity index (χ1) is 10.6. The molecule has 0 saturated carbocycles. The first-order valence-electron chi connectivity index (χ1n) is 6.25. The van der Waals surface area contributed by atoms with Gasteiger partial charge in [0.15, 0.2) is 0 Å². The number of rotatable bonds is 5. The van der Waals surface area contributed by atoms with Gasteiger partial charge < -0.3 is 20.0 Å². The highest BCUT2D eigenvalue weighted by molar-refractivity contribution is 6.46. The van der Waals surface area contributed by atoms with E-state index in [0.29, 0.717) is 16.8 Å². The van der Waals surface area contributed by atoms with E-state index in [1.165, 1.54) is 24.3 Å². The molecule has 0 heterocycles. The van der Waals surface area contributed by atoms with Gasteiger partial charge in [0.2, 0.25) is 0 Å². The number of aliphatic hydroxyl groups excluding tert-OH is 1. The second-order valence-electron chi connectivity index (χ2n) is 4.37. The van der Waals surface area contributed by atoms with Crippen LogP contribution in [-0.4, -0.2) is 28.7 Å². The van der Waals surface area contributed by atoms with E-state index in [1.54, 1.807) is 18.2 Å². The Morgan fingerprint density at radius 3 is 2.50 bits per heavy atom. The van der Waals surface area contributed by atoms with Crippen molar-refractivity contribution in [2.45, 2.75) is 6.61 Å². The molecule has 0 aliphatic carbocycles. The van der Waals surface area contributed by atoms with E-state index in [-0.39, 0.29) is 23.5 Å². The number of carboxylic acids is 1. The van der Waals surface area contributed by atoms with E-state index in [1.807, 2.05) is 0 Å². The number of aromatic carboxylic acids is 1. The topological polar surface area (TPSA) is 111 Å². The highest BCUT2D eigenvalue weighted by Gasteiger charge is 2.12. The fraction of sp³-hybridized carbons (Fsp3) is 0.0667. The Bertz CT molecular complexity index is 754. The molecule has 2 aromatic rings. The predicted molar refractivity (Wildman–Crippen MR) is 78.2 cm³/mol. The minimum Gasteiger partial charge on any atom is -0.478 e. The predicted octanol–water partition coefficient (Wildman–Crippen LogP) is 0.778. The van der Waals surface area contributed by atoms with Crippen molar-refractivity contribution in [3.63, 3.8) is 0 Å². The maximum Gasteiger partial charge on any atom is 0.337 e. The van der Waals surface area contributed by atoms with Crippen molar-refractivity contribution in [1.82, 2.24) is 0 Å². The first kappa shape index (κ1) is 15.6. The zero-order valence-electron chi connectivity index (χ0n) is 11.4. The summed E-state index contributed by atoms with van der Waals surface area (Å²) < 4.78 is 5.53. The van der Waals surface area contributed by atoms with Crippen LogP contribution in [0.4, 0.5) is 0 Å². The standard InChI is InChI=1S/C15H11BNO5/c17-7-9-1-2-12(6-13(9)15(19)20)22-11-3-4-14(16-21)10(5-11)8-18/h1-6,18,21H,8H2,(H,19,20). The van der Waals surface area contributed by atoms with Crippen molar-refractivity contribution in [3.05, 3.63) is 53.1 Å². The van der Waals surface area contributed by atoms with Crippen LogP contribution in [0.15, 0.2) is 36.4 Å². The van der Waals surface area contributed by atoms with Crippen LogP contribution in [0, 0.1) is 11.3 Å². The van der Waals surface area contributed by atoms with Crippen molar-refractivity contribution < 1.29 is 24.8 Å². The van der Waals surface area contributed by atoms with Crippen LogP contribution in [0.3, 0.4) is 0 Å². The van der Waals surface area contributed by atoms with E-state index in [4.69, 9.17) is 20.1 Å². The van der Waals surface area contributed by atoms with Crippen molar-refractivity contribution in [1.29, 1.82) is 5.26 Å². The molecule has 0 spiro atoms. The van der Waals surface area contributed by atoms with E-state index in [2.05, 4.69) is 0 Å². The summed E-state index contributed by atoms with van der Waals surface area (Å²) in [7, 11) is 0.875. The molecule has 0 aliphatic rings. The molecule has 0 amide bonds. The Morgan fingerprint density at radius 1 is 1.23 bits per heavy atom. The number of aliphatic hydroxyl groups is 1. The van der Waals surface area contributed by atoms with Gasteiger partial charge in [-0.25, -0.2) is 4.79 Å². The Hall–Kier alpha value is -2.82. The number of carbonyl (C=O) groups is 1. The second kappa shape index (κ2) is 6.76. The number of nitriles is 1. The lowest BCUT2D eigenvalue weighted by Crippen LogP contribution is -2.18. The highest BCUT2D eigenvalue weighted by atomic mass is 16.5. The highest BCUT2D eigenvalue weighted by Crippen LogP contribution is 2.24. The maximum atomic E-state index is 11.1. The van der Waals surface area contributed by atoms with E-state index in [0.717, 1.165) is 7.48 Å². The van der Waals surface area contributed by atoms with Gasteiger partial charge in [-0.2, -0.15) is 5.26 Å². The zero-order valence-corrected chi connectivity index (χ0v) is 11.4. The molecular formula is C15H11BNO5. The third-order valence-corrected chi connectivity index (χ3v) is 3.00. The molecule has 7 heteroatoms. The third kappa shape index (κ3) is 3.26. The molecule has 0 bridgehead atoms. The van der Waals surface area contributed by atoms with E-state index in [9.17, 15) is 9.90 Å². The summed E-state index contributed by atoms with van der Waals surface area (Å²) in [6.07, 6.45) is 0. The van der Waals surface area contributed by atoms with Gasteiger partial charge in [0.25, 0.3) is 0 Å². The van der Waals surface area contributed by atoms with Gasteiger partial charge in [-0.05, 0) is 41.4 Å². The molecule has 0 aromatic heterocycles. The molecule has 0 fully saturated rings. The molecule has 2 rings (SSSR count). The molecule has 0 atom stereocenters. The monoisotopic (exact) mass is 296 g/mol.